The molecule has 5 nitrogen and oxygen atoms in total. The number of amides is 2. The number of hydrogen-bond acceptors (Lipinski definition) is 4. The van der Waals surface area contributed by atoms with Crippen molar-refractivity contribution in [1.82, 2.24) is 4.98 Å². The third kappa shape index (κ3) is 2.97. The summed E-state index contributed by atoms with van der Waals surface area (Å²) < 4.78 is 0. The highest BCUT2D eigenvalue weighted by atomic mass is 35.5. The summed E-state index contributed by atoms with van der Waals surface area (Å²) >= 11 is 12.3. The van der Waals surface area contributed by atoms with E-state index >= 15 is 0 Å². The Morgan fingerprint density at radius 2 is 1.53 bits per heavy atom. The van der Waals surface area contributed by atoms with E-state index in [1.54, 1.807) is 55.7 Å². The third-order valence-corrected chi connectivity index (χ3v) is 5.93. The minimum atomic E-state index is -1.27. The van der Waals surface area contributed by atoms with Gasteiger partial charge in [-0.05, 0) is 53.6 Å². The van der Waals surface area contributed by atoms with E-state index in [2.05, 4.69) is 11.1 Å². The molecule has 148 valence electrons. The summed E-state index contributed by atoms with van der Waals surface area (Å²) in [5, 5.41) is 9.80. The van der Waals surface area contributed by atoms with E-state index in [1.807, 2.05) is 0 Å². The number of carbonyl (C=O) groups excluding carboxylic acids is 2. The fourth-order valence-electron chi connectivity index (χ4n) is 4.09. The second kappa shape index (κ2) is 7.56. The van der Waals surface area contributed by atoms with Crippen LogP contribution < -0.4 is 4.90 Å². The van der Waals surface area contributed by atoms with Gasteiger partial charge in [0.2, 0.25) is 11.8 Å². The molecule has 1 aromatic heterocycles. The van der Waals surface area contributed by atoms with Crippen molar-refractivity contribution in [3.63, 3.8) is 0 Å². The molecule has 0 spiro atoms. The highest BCUT2D eigenvalue weighted by Crippen LogP contribution is 2.48. The van der Waals surface area contributed by atoms with Gasteiger partial charge in [0, 0.05) is 22.4 Å². The first kappa shape index (κ1) is 20.1. The molecule has 0 N–H and O–H groups in total. The van der Waals surface area contributed by atoms with Crippen molar-refractivity contribution in [3.8, 4) is 6.07 Å². The standard InChI is InChI=1S/C23H15Cl2N3O2/c1-14-21(29)28(20-11-18(24)10-19(25)12-20)22(30)23(14,17-6-8-27-9-7-17)16-4-2-15(13-26)3-5-16/h2-12,14H,1H3/t14?,23-/m1/s1. The molecule has 0 aliphatic carbocycles. The van der Waals surface area contributed by atoms with Gasteiger partial charge in [-0.2, -0.15) is 5.26 Å². The SMILES string of the molecule is CC1C(=O)N(c2cc(Cl)cc(Cl)c2)C(=O)[C@@]1(c1ccncc1)c1ccc(C#N)cc1. The Hall–Kier alpha value is -3.20. The van der Waals surface area contributed by atoms with E-state index in [0.717, 1.165) is 4.90 Å². The smallest absolute Gasteiger partial charge is 0.249 e. The molecule has 0 radical (unpaired) electrons. The van der Waals surface area contributed by atoms with Crippen molar-refractivity contribution < 1.29 is 9.59 Å². The second-order valence-electron chi connectivity index (χ2n) is 7.06. The molecular weight excluding hydrogens is 421 g/mol. The lowest BCUT2D eigenvalue weighted by atomic mass is 9.68. The average Bonchev–Trinajstić information content (AvgIpc) is 2.94. The Balaban J connectivity index is 1.97. The number of rotatable bonds is 3. The van der Waals surface area contributed by atoms with Crippen LogP contribution in [0, 0.1) is 17.2 Å². The lowest BCUT2D eigenvalue weighted by molar-refractivity contribution is -0.122. The van der Waals surface area contributed by atoms with Crippen LogP contribution >= 0.6 is 23.2 Å². The van der Waals surface area contributed by atoms with Crippen LogP contribution in [0.5, 0.6) is 0 Å². The van der Waals surface area contributed by atoms with Crippen LogP contribution in [0.3, 0.4) is 0 Å². The molecule has 1 aliphatic heterocycles. The zero-order chi connectivity index (χ0) is 21.5. The molecule has 1 saturated heterocycles. The molecular formula is C23H15Cl2N3O2. The number of benzene rings is 2. The van der Waals surface area contributed by atoms with Crippen molar-refractivity contribution in [3.05, 3.63) is 93.7 Å². The molecule has 0 saturated carbocycles. The minimum absolute atomic E-state index is 0.318. The molecule has 0 bridgehead atoms. The van der Waals surface area contributed by atoms with Gasteiger partial charge < -0.3 is 0 Å². The lowest BCUT2D eigenvalue weighted by Gasteiger charge is -2.31. The summed E-state index contributed by atoms with van der Waals surface area (Å²) in [5.41, 5.74) is 0.770. The van der Waals surface area contributed by atoms with Gasteiger partial charge in [0.1, 0.15) is 5.41 Å². The topological polar surface area (TPSA) is 74.1 Å². The quantitative estimate of drug-likeness (QED) is 0.556. The molecule has 1 unspecified atom stereocenters. The normalized spacial score (nSPS) is 21.0. The number of anilines is 1. The molecule has 4 rings (SSSR count). The predicted octanol–water partition coefficient (Wildman–Crippen LogP) is 4.76. The Kier molecular flexibility index (Phi) is 5.07. The summed E-state index contributed by atoms with van der Waals surface area (Å²) in [5.74, 6) is -1.48. The van der Waals surface area contributed by atoms with E-state index in [1.165, 1.54) is 18.2 Å². The Morgan fingerprint density at radius 3 is 2.10 bits per heavy atom. The number of imide groups is 1. The molecule has 1 aliphatic rings. The maximum absolute atomic E-state index is 14.0. The van der Waals surface area contributed by atoms with Gasteiger partial charge >= 0.3 is 0 Å². The monoisotopic (exact) mass is 435 g/mol. The molecule has 3 aromatic rings. The van der Waals surface area contributed by atoms with Crippen molar-refractivity contribution in [2.24, 2.45) is 5.92 Å². The summed E-state index contributed by atoms with van der Waals surface area (Å²) in [6, 6.07) is 16.9. The summed E-state index contributed by atoms with van der Waals surface area (Å²) in [6.45, 7) is 1.73. The van der Waals surface area contributed by atoms with Crippen LogP contribution in [-0.2, 0) is 15.0 Å². The van der Waals surface area contributed by atoms with Gasteiger partial charge in [0.15, 0.2) is 0 Å². The van der Waals surface area contributed by atoms with Crippen LogP contribution in [0.1, 0.15) is 23.6 Å². The van der Waals surface area contributed by atoms with Gasteiger partial charge in [0.05, 0.1) is 23.2 Å². The number of hydrogen-bond donors (Lipinski definition) is 0. The minimum Gasteiger partial charge on any atom is -0.274 e. The van der Waals surface area contributed by atoms with Gasteiger partial charge in [-0.15, -0.1) is 0 Å². The van der Waals surface area contributed by atoms with E-state index in [4.69, 9.17) is 28.5 Å². The van der Waals surface area contributed by atoms with Crippen molar-refractivity contribution in [2.75, 3.05) is 4.90 Å². The number of carbonyl (C=O) groups is 2. The van der Waals surface area contributed by atoms with Crippen molar-refractivity contribution in [1.29, 1.82) is 5.26 Å². The largest absolute Gasteiger partial charge is 0.274 e. The Labute approximate surface area is 183 Å². The average molecular weight is 436 g/mol. The Bertz CT molecular complexity index is 1170. The van der Waals surface area contributed by atoms with Crippen LogP contribution in [0.25, 0.3) is 0 Å². The van der Waals surface area contributed by atoms with E-state index in [9.17, 15) is 9.59 Å². The van der Waals surface area contributed by atoms with Gasteiger partial charge in [-0.3, -0.25) is 14.6 Å². The lowest BCUT2D eigenvalue weighted by Crippen LogP contribution is -2.41. The zero-order valence-electron chi connectivity index (χ0n) is 15.8. The first-order chi connectivity index (χ1) is 14.4. The zero-order valence-corrected chi connectivity index (χ0v) is 17.4. The fourth-order valence-corrected chi connectivity index (χ4v) is 4.60. The highest BCUT2D eigenvalue weighted by molar-refractivity contribution is 6.36. The molecule has 2 atom stereocenters. The van der Waals surface area contributed by atoms with Crippen LogP contribution in [0.15, 0.2) is 67.0 Å². The van der Waals surface area contributed by atoms with Gasteiger partial charge in [-0.1, -0.05) is 42.3 Å². The van der Waals surface area contributed by atoms with E-state index in [-0.39, 0.29) is 5.91 Å². The van der Waals surface area contributed by atoms with Crippen LogP contribution in [0.4, 0.5) is 5.69 Å². The van der Waals surface area contributed by atoms with Crippen molar-refractivity contribution in [2.45, 2.75) is 12.3 Å². The molecule has 1 fully saturated rings. The maximum Gasteiger partial charge on any atom is 0.249 e. The summed E-state index contributed by atoms with van der Waals surface area (Å²) in [4.78, 5) is 32.5. The molecule has 30 heavy (non-hydrogen) atoms. The molecule has 7 heteroatoms. The molecule has 2 aromatic carbocycles. The van der Waals surface area contributed by atoms with Crippen molar-refractivity contribution >= 4 is 40.7 Å². The maximum atomic E-state index is 14.0. The number of pyridine rings is 1. The number of nitrogens with zero attached hydrogens (tertiary/aromatic N) is 3. The number of halogens is 2. The summed E-state index contributed by atoms with van der Waals surface area (Å²) in [6.07, 6.45) is 3.17. The van der Waals surface area contributed by atoms with Crippen LogP contribution in [0.2, 0.25) is 10.0 Å². The second-order valence-corrected chi connectivity index (χ2v) is 7.93. The molecule has 2 heterocycles. The van der Waals surface area contributed by atoms with E-state index < -0.39 is 17.2 Å². The first-order valence-corrected chi connectivity index (χ1v) is 9.91. The van der Waals surface area contributed by atoms with Crippen LogP contribution in [-0.4, -0.2) is 16.8 Å². The number of aromatic nitrogens is 1. The predicted molar refractivity (Wildman–Crippen MR) is 114 cm³/mol. The third-order valence-electron chi connectivity index (χ3n) is 5.49. The fraction of sp³-hybridized carbons (Fsp3) is 0.130. The summed E-state index contributed by atoms with van der Waals surface area (Å²) in [7, 11) is 0. The Morgan fingerprint density at radius 1 is 0.967 bits per heavy atom. The number of nitriles is 1. The van der Waals surface area contributed by atoms with E-state index in [0.29, 0.717) is 32.4 Å². The molecule has 2 amide bonds. The highest BCUT2D eigenvalue weighted by Gasteiger charge is 2.59. The first-order valence-electron chi connectivity index (χ1n) is 9.15. The van der Waals surface area contributed by atoms with Gasteiger partial charge in [-0.25, -0.2) is 4.90 Å². The van der Waals surface area contributed by atoms with Gasteiger partial charge in [0.25, 0.3) is 0 Å².